The predicted molar refractivity (Wildman–Crippen MR) is 118 cm³/mol. The molecule has 0 saturated heterocycles. The summed E-state index contributed by atoms with van der Waals surface area (Å²) < 4.78 is 33.9. The lowest BCUT2D eigenvalue weighted by molar-refractivity contribution is 0.0735. The van der Waals surface area contributed by atoms with E-state index in [0.717, 1.165) is 17.5 Å². The molecule has 2 heterocycles. The number of rotatable bonds is 5. The smallest absolute Gasteiger partial charge is 0.265 e. The summed E-state index contributed by atoms with van der Waals surface area (Å²) in [5, 5.41) is 2.04. The van der Waals surface area contributed by atoms with E-state index >= 15 is 0 Å². The number of carbonyl (C=O) groups excluding carboxylic acids is 1. The Balaban J connectivity index is 1.63. The minimum absolute atomic E-state index is 0.0651. The van der Waals surface area contributed by atoms with Crippen LogP contribution in [-0.2, 0) is 23.0 Å². The van der Waals surface area contributed by atoms with Crippen molar-refractivity contribution in [2.45, 2.75) is 24.8 Å². The first-order chi connectivity index (χ1) is 14.4. The fourth-order valence-electron chi connectivity index (χ4n) is 3.46. The summed E-state index contributed by atoms with van der Waals surface area (Å²) >= 11 is 1.71. The zero-order valence-corrected chi connectivity index (χ0v) is 18.3. The van der Waals surface area contributed by atoms with Crippen LogP contribution in [0.1, 0.15) is 26.4 Å². The van der Waals surface area contributed by atoms with Gasteiger partial charge in [0.2, 0.25) is 0 Å². The van der Waals surface area contributed by atoms with Gasteiger partial charge in [-0.2, -0.15) is 0 Å². The molecule has 1 aromatic heterocycles. The van der Waals surface area contributed by atoms with Crippen molar-refractivity contribution in [3.8, 4) is 5.75 Å². The lowest BCUT2D eigenvalue weighted by Gasteiger charge is -2.27. The molecule has 8 heteroatoms. The zero-order chi connectivity index (χ0) is 21.3. The molecule has 0 bridgehead atoms. The molecule has 2 aromatic carbocycles. The highest BCUT2D eigenvalue weighted by atomic mass is 32.2. The number of hydrogen-bond donors (Lipinski definition) is 1. The molecule has 30 heavy (non-hydrogen) atoms. The van der Waals surface area contributed by atoms with Crippen molar-refractivity contribution in [1.82, 2.24) is 4.90 Å². The van der Waals surface area contributed by atoms with Gasteiger partial charge in [-0.05, 0) is 60.7 Å². The van der Waals surface area contributed by atoms with Crippen molar-refractivity contribution in [3.63, 3.8) is 0 Å². The molecule has 0 spiro atoms. The standard InChI is InChI=1S/C22H22N2O4S2/c1-15-3-6-18(7-4-15)23-30(26,27)21-13-16(5-8-19(21)28-2)22(25)24-11-9-20-17(14-24)10-12-29-20/h3-8,10,12-13,23H,9,11,14H2,1-2H3. The molecule has 156 valence electrons. The van der Waals surface area contributed by atoms with Gasteiger partial charge in [-0.1, -0.05) is 17.7 Å². The van der Waals surface area contributed by atoms with E-state index in [1.165, 1.54) is 24.1 Å². The number of nitrogens with one attached hydrogen (secondary N) is 1. The number of carbonyl (C=O) groups is 1. The number of fused-ring (bicyclic) bond motifs is 1. The Kier molecular flexibility index (Phi) is 5.53. The molecule has 0 unspecified atom stereocenters. The molecular formula is C22H22N2O4S2. The minimum Gasteiger partial charge on any atom is -0.495 e. The molecule has 1 aliphatic rings. The summed E-state index contributed by atoms with van der Waals surface area (Å²) in [5.41, 5.74) is 2.94. The Morgan fingerprint density at radius 3 is 2.63 bits per heavy atom. The van der Waals surface area contributed by atoms with E-state index in [1.807, 2.05) is 30.5 Å². The topological polar surface area (TPSA) is 75.7 Å². The molecule has 6 nitrogen and oxygen atoms in total. The fraction of sp³-hybridized carbons (Fsp3) is 0.227. The Morgan fingerprint density at radius 2 is 1.90 bits per heavy atom. The highest BCUT2D eigenvalue weighted by Crippen LogP contribution is 2.29. The average molecular weight is 443 g/mol. The quantitative estimate of drug-likeness (QED) is 0.646. The van der Waals surface area contributed by atoms with Crippen LogP contribution in [0.5, 0.6) is 5.75 Å². The fourth-order valence-corrected chi connectivity index (χ4v) is 5.60. The Morgan fingerprint density at radius 1 is 1.13 bits per heavy atom. The maximum atomic E-state index is 13.1. The molecule has 0 aliphatic carbocycles. The molecule has 1 aliphatic heterocycles. The van der Waals surface area contributed by atoms with Crippen molar-refractivity contribution in [2.24, 2.45) is 0 Å². The monoisotopic (exact) mass is 442 g/mol. The highest BCUT2D eigenvalue weighted by Gasteiger charge is 2.26. The molecule has 1 N–H and O–H groups in total. The van der Waals surface area contributed by atoms with Gasteiger partial charge in [0.1, 0.15) is 10.6 Å². The summed E-state index contributed by atoms with van der Waals surface area (Å²) in [7, 11) is -2.53. The second-order valence-corrected chi connectivity index (χ2v) is 9.83. The Labute approximate surface area is 180 Å². The van der Waals surface area contributed by atoms with Gasteiger partial charge in [-0.15, -0.1) is 11.3 Å². The van der Waals surface area contributed by atoms with Crippen molar-refractivity contribution in [1.29, 1.82) is 0 Å². The number of amides is 1. The first kappa shape index (κ1) is 20.4. The van der Waals surface area contributed by atoms with Crippen LogP contribution in [0.15, 0.2) is 58.8 Å². The maximum absolute atomic E-state index is 13.1. The van der Waals surface area contributed by atoms with Crippen LogP contribution in [0.3, 0.4) is 0 Å². The number of benzene rings is 2. The maximum Gasteiger partial charge on any atom is 0.265 e. The van der Waals surface area contributed by atoms with Crippen molar-refractivity contribution < 1.29 is 17.9 Å². The van der Waals surface area contributed by atoms with Gasteiger partial charge < -0.3 is 9.64 Å². The second kappa shape index (κ2) is 8.12. The van der Waals surface area contributed by atoms with E-state index in [2.05, 4.69) is 4.72 Å². The van der Waals surface area contributed by atoms with Crippen LogP contribution in [0.2, 0.25) is 0 Å². The Hall–Kier alpha value is -2.84. The third-order valence-electron chi connectivity index (χ3n) is 5.10. The van der Waals surface area contributed by atoms with Gasteiger partial charge in [0.05, 0.1) is 7.11 Å². The number of sulfonamides is 1. The Bertz CT molecular complexity index is 1180. The van der Waals surface area contributed by atoms with Gasteiger partial charge in [-0.3, -0.25) is 9.52 Å². The second-order valence-electron chi connectivity index (χ2n) is 7.18. The van der Waals surface area contributed by atoms with E-state index in [9.17, 15) is 13.2 Å². The van der Waals surface area contributed by atoms with Crippen molar-refractivity contribution in [2.75, 3.05) is 18.4 Å². The van der Waals surface area contributed by atoms with Crippen LogP contribution in [0, 0.1) is 6.92 Å². The van der Waals surface area contributed by atoms with Crippen LogP contribution in [0.25, 0.3) is 0 Å². The number of methoxy groups -OCH3 is 1. The van der Waals surface area contributed by atoms with Gasteiger partial charge in [0.25, 0.3) is 15.9 Å². The number of hydrogen-bond acceptors (Lipinski definition) is 5. The third-order valence-corrected chi connectivity index (χ3v) is 7.52. The van der Waals surface area contributed by atoms with Crippen molar-refractivity contribution in [3.05, 3.63) is 75.5 Å². The van der Waals surface area contributed by atoms with Gasteiger partial charge in [0.15, 0.2) is 0 Å². The SMILES string of the molecule is COc1ccc(C(=O)N2CCc3sccc3C2)cc1S(=O)(=O)Nc1ccc(C)cc1. The number of anilines is 1. The van der Waals surface area contributed by atoms with E-state index in [0.29, 0.717) is 24.3 Å². The number of ether oxygens (including phenoxy) is 1. The molecule has 0 saturated carbocycles. The zero-order valence-electron chi connectivity index (χ0n) is 16.7. The molecule has 0 radical (unpaired) electrons. The first-order valence-electron chi connectivity index (χ1n) is 9.49. The summed E-state index contributed by atoms with van der Waals surface area (Å²) in [4.78, 5) is 16.1. The number of nitrogens with zero attached hydrogens (tertiary/aromatic N) is 1. The number of thiophene rings is 1. The minimum atomic E-state index is -3.94. The lowest BCUT2D eigenvalue weighted by atomic mass is 10.1. The lowest BCUT2D eigenvalue weighted by Crippen LogP contribution is -2.35. The van der Waals surface area contributed by atoms with Crippen LogP contribution >= 0.6 is 11.3 Å². The predicted octanol–water partition coefficient (Wildman–Crippen LogP) is 4.06. The molecule has 0 atom stereocenters. The third kappa shape index (κ3) is 4.06. The van der Waals surface area contributed by atoms with Gasteiger partial charge >= 0.3 is 0 Å². The van der Waals surface area contributed by atoms with Crippen LogP contribution in [-0.4, -0.2) is 32.9 Å². The molecular weight excluding hydrogens is 420 g/mol. The van der Waals surface area contributed by atoms with E-state index in [-0.39, 0.29) is 16.6 Å². The summed E-state index contributed by atoms with van der Waals surface area (Å²) in [5.74, 6) is -0.00813. The summed E-state index contributed by atoms with van der Waals surface area (Å²) in [6, 6.07) is 13.6. The molecule has 0 fully saturated rings. The highest BCUT2D eigenvalue weighted by molar-refractivity contribution is 7.92. The largest absolute Gasteiger partial charge is 0.495 e. The van der Waals surface area contributed by atoms with Crippen LogP contribution < -0.4 is 9.46 Å². The van der Waals surface area contributed by atoms with E-state index in [1.54, 1.807) is 34.4 Å². The first-order valence-corrected chi connectivity index (χ1v) is 11.9. The molecule has 1 amide bonds. The summed E-state index contributed by atoms with van der Waals surface area (Å²) in [6.45, 7) is 3.07. The normalized spacial score (nSPS) is 13.6. The average Bonchev–Trinajstić information content (AvgIpc) is 3.22. The number of aryl methyl sites for hydroxylation is 1. The van der Waals surface area contributed by atoms with E-state index in [4.69, 9.17) is 4.74 Å². The van der Waals surface area contributed by atoms with E-state index < -0.39 is 10.0 Å². The van der Waals surface area contributed by atoms with Gasteiger partial charge in [-0.25, -0.2) is 8.42 Å². The molecule has 3 aromatic rings. The van der Waals surface area contributed by atoms with Crippen LogP contribution in [0.4, 0.5) is 5.69 Å². The molecule has 4 rings (SSSR count). The van der Waals surface area contributed by atoms with Gasteiger partial charge in [0, 0.05) is 29.2 Å². The summed E-state index contributed by atoms with van der Waals surface area (Å²) in [6.07, 6.45) is 0.815. The van der Waals surface area contributed by atoms with Crippen molar-refractivity contribution >= 4 is 33.0 Å².